The van der Waals surface area contributed by atoms with Crippen molar-refractivity contribution in [3.63, 3.8) is 0 Å². The highest BCUT2D eigenvalue weighted by atomic mass is 16.6. The minimum atomic E-state index is -0.878. The molecule has 0 amide bonds. The maximum Gasteiger partial charge on any atom is 0.331 e. The molecular weight excluding hydrogens is 396 g/mol. The SMILES string of the molecule is CC(=C[C@H](O)[C@H]1OC(=O)C=C1C)CC[C@@H]1[C@@]2(C)CCC[C@]3(C)[C@@H]2[C@H](C[C@@]1(C)O)O[C@@H]3O. The molecular formula is C25H38O6. The van der Waals surface area contributed by atoms with Crippen LogP contribution < -0.4 is 0 Å². The monoisotopic (exact) mass is 434 g/mol. The Bertz CT molecular complexity index is 800. The molecule has 3 fully saturated rings. The average Bonchev–Trinajstić information content (AvgIpc) is 3.10. The van der Waals surface area contributed by atoms with Crippen LogP contribution in [-0.2, 0) is 14.3 Å². The molecule has 6 nitrogen and oxygen atoms in total. The van der Waals surface area contributed by atoms with Crippen molar-refractivity contribution in [2.75, 3.05) is 0 Å². The molecule has 3 N–H and O–H groups in total. The zero-order valence-electron chi connectivity index (χ0n) is 19.4. The van der Waals surface area contributed by atoms with Crippen LogP contribution in [0, 0.1) is 22.7 Å². The molecule has 0 aromatic carbocycles. The summed E-state index contributed by atoms with van der Waals surface area (Å²) in [5.41, 5.74) is 0.500. The fraction of sp³-hybridized carbons (Fsp3) is 0.800. The highest BCUT2D eigenvalue weighted by Crippen LogP contribution is 2.67. The Morgan fingerprint density at radius 2 is 1.97 bits per heavy atom. The molecule has 0 aromatic heterocycles. The third kappa shape index (κ3) is 3.69. The van der Waals surface area contributed by atoms with Crippen molar-refractivity contribution in [3.05, 3.63) is 23.3 Å². The van der Waals surface area contributed by atoms with E-state index < -0.39 is 30.1 Å². The van der Waals surface area contributed by atoms with E-state index in [1.165, 1.54) is 6.08 Å². The number of ether oxygens (including phenoxy) is 2. The lowest BCUT2D eigenvalue weighted by Crippen LogP contribution is -2.61. The number of hydrogen-bond donors (Lipinski definition) is 3. The molecule has 0 radical (unpaired) electrons. The molecule has 2 aliphatic carbocycles. The van der Waals surface area contributed by atoms with E-state index in [2.05, 4.69) is 13.8 Å². The Labute approximate surface area is 185 Å². The summed E-state index contributed by atoms with van der Waals surface area (Å²) in [5, 5.41) is 32.7. The minimum absolute atomic E-state index is 0.0706. The van der Waals surface area contributed by atoms with Crippen LogP contribution in [0.4, 0.5) is 0 Å². The van der Waals surface area contributed by atoms with E-state index in [1.807, 2.05) is 13.8 Å². The van der Waals surface area contributed by atoms with Gasteiger partial charge in [0.25, 0.3) is 0 Å². The van der Waals surface area contributed by atoms with Crippen molar-refractivity contribution in [2.24, 2.45) is 22.7 Å². The predicted octanol–water partition coefficient (Wildman–Crippen LogP) is 3.25. The van der Waals surface area contributed by atoms with E-state index >= 15 is 0 Å². The van der Waals surface area contributed by atoms with Gasteiger partial charge in [-0.05, 0) is 63.4 Å². The van der Waals surface area contributed by atoms with Crippen LogP contribution in [0.3, 0.4) is 0 Å². The molecule has 2 heterocycles. The van der Waals surface area contributed by atoms with Crippen molar-refractivity contribution in [3.8, 4) is 0 Å². The standard InChI is InChI=1S/C25H38O6/c1-14(11-16(26)20-15(2)12-19(27)31-20)7-8-18-23(3)9-6-10-24(4)21(23)17(30-22(24)28)13-25(18,5)29/h11-12,16-18,20-22,26,28-29H,6-10,13H2,1-5H3/t16-,17-,18+,20-,21+,22-,23+,24+,25+/m0/s1. The number of cyclic esters (lactones) is 1. The van der Waals surface area contributed by atoms with Crippen molar-refractivity contribution < 1.29 is 29.6 Å². The minimum Gasteiger partial charge on any atom is -0.452 e. The van der Waals surface area contributed by atoms with Gasteiger partial charge in [0.2, 0.25) is 0 Å². The number of carbonyl (C=O) groups excluding carboxylic acids is 1. The van der Waals surface area contributed by atoms with Gasteiger partial charge in [-0.1, -0.05) is 31.9 Å². The summed E-state index contributed by atoms with van der Waals surface area (Å²) in [4.78, 5) is 11.4. The van der Waals surface area contributed by atoms with E-state index in [4.69, 9.17) is 9.47 Å². The molecule has 0 bridgehead atoms. The first kappa shape index (κ1) is 23.0. The van der Waals surface area contributed by atoms with Crippen molar-refractivity contribution >= 4 is 5.97 Å². The van der Waals surface area contributed by atoms with E-state index in [0.29, 0.717) is 6.42 Å². The topological polar surface area (TPSA) is 96.2 Å². The fourth-order valence-corrected chi connectivity index (χ4v) is 7.59. The first-order valence-electron chi connectivity index (χ1n) is 11.7. The lowest BCUT2D eigenvalue weighted by atomic mass is 9.44. The lowest BCUT2D eigenvalue weighted by Gasteiger charge is -2.60. The molecule has 174 valence electrons. The summed E-state index contributed by atoms with van der Waals surface area (Å²) in [6, 6.07) is 0. The van der Waals surface area contributed by atoms with Crippen LogP contribution in [0.15, 0.2) is 23.3 Å². The Hall–Kier alpha value is -1.21. The molecule has 2 aliphatic heterocycles. The molecule has 1 saturated heterocycles. The zero-order chi connectivity index (χ0) is 22.8. The molecule has 0 unspecified atom stereocenters. The number of carbonyl (C=O) groups is 1. The van der Waals surface area contributed by atoms with Gasteiger partial charge < -0.3 is 24.8 Å². The lowest BCUT2D eigenvalue weighted by molar-refractivity contribution is -0.182. The normalized spacial score (nSPS) is 48.3. The summed E-state index contributed by atoms with van der Waals surface area (Å²) < 4.78 is 11.2. The molecule has 6 heteroatoms. The van der Waals surface area contributed by atoms with Crippen LogP contribution in [0.5, 0.6) is 0 Å². The Morgan fingerprint density at radius 3 is 2.61 bits per heavy atom. The van der Waals surface area contributed by atoms with Crippen molar-refractivity contribution in [2.45, 2.75) is 103 Å². The van der Waals surface area contributed by atoms with E-state index in [9.17, 15) is 20.1 Å². The number of allylic oxidation sites excluding steroid dienone is 1. The highest BCUT2D eigenvalue weighted by molar-refractivity contribution is 5.85. The smallest absolute Gasteiger partial charge is 0.331 e. The Balaban J connectivity index is 1.51. The number of hydrogen-bond acceptors (Lipinski definition) is 6. The van der Waals surface area contributed by atoms with Crippen molar-refractivity contribution in [1.82, 2.24) is 0 Å². The number of esters is 1. The van der Waals surface area contributed by atoms with Crippen molar-refractivity contribution in [1.29, 1.82) is 0 Å². The third-order valence-corrected chi connectivity index (χ3v) is 8.88. The summed E-state index contributed by atoms with van der Waals surface area (Å²) in [6.07, 6.45) is 5.92. The Morgan fingerprint density at radius 1 is 1.29 bits per heavy atom. The molecule has 2 saturated carbocycles. The van der Waals surface area contributed by atoms with Crippen LogP contribution in [0.25, 0.3) is 0 Å². The zero-order valence-corrected chi connectivity index (χ0v) is 19.4. The van der Waals surface area contributed by atoms with Gasteiger partial charge in [-0.15, -0.1) is 0 Å². The first-order valence-corrected chi connectivity index (χ1v) is 11.7. The van der Waals surface area contributed by atoms with Gasteiger partial charge >= 0.3 is 5.97 Å². The summed E-state index contributed by atoms with van der Waals surface area (Å²) in [5.74, 6) is -0.106. The van der Waals surface area contributed by atoms with Crippen LogP contribution in [0.2, 0.25) is 0 Å². The van der Waals surface area contributed by atoms with Gasteiger partial charge in [-0.2, -0.15) is 0 Å². The molecule has 4 rings (SSSR count). The van der Waals surface area contributed by atoms with Crippen LogP contribution in [-0.4, -0.2) is 51.5 Å². The van der Waals surface area contributed by atoms with E-state index in [0.717, 1.165) is 43.3 Å². The summed E-state index contributed by atoms with van der Waals surface area (Å²) in [7, 11) is 0. The second-order valence-electron chi connectivity index (χ2n) is 11.3. The maximum atomic E-state index is 11.5. The van der Waals surface area contributed by atoms with Gasteiger partial charge in [-0.3, -0.25) is 0 Å². The van der Waals surface area contributed by atoms with Gasteiger partial charge in [0.05, 0.1) is 11.7 Å². The Kier molecular flexibility index (Phi) is 5.69. The largest absolute Gasteiger partial charge is 0.452 e. The molecule has 0 spiro atoms. The van der Waals surface area contributed by atoms with Gasteiger partial charge in [-0.25, -0.2) is 4.79 Å². The van der Waals surface area contributed by atoms with E-state index in [1.54, 1.807) is 13.0 Å². The molecule has 9 atom stereocenters. The molecule has 4 aliphatic rings. The second kappa shape index (κ2) is 7.68. The van der Waals surface area contributed by atoms with Gasteiger partial charge in [0, 0.05) is 23.8 Å². The predicted molar refractivity (Wildman–Crippen MR) is 116 cm³/mol. The van der Waals surface area contributed by atoms with Gasteiger partial charge in [0.1, 0.15) is 6.10 Å². The van der Waals surface area contributed by atoms with Crippen LogP contribution in [0.1, 0.15) is 73.1 Å². The molecule has 0 aromatic rings. The first-order chi connectivity index (χ1) is 14.4. The number of aliphatic hydroxyl groups excluding tert-OH is 2. The maximum absolute atomic E-state index is 11.5. The molecule has 31 heavy (non-hydrogen) atoms. The quantitative estimate of drug-likeness (QED) is 0.454. The average molecular weight is 435 g/mol. The fourth-order valence-electron chi connectivity index (χ4n) is 7.59. The third-order valence-electron chi connectivity index (χ3n) is 8.88. The van der Waals surface area contributed by atoms with Crippen LogP contribution >= 0.6 is 0 Å². The number of aliphatic hydroxyl groups is 3. The summed E-state index contributed by atoms with van der Waals surface area (Å²) in [6.45, 7) is 10.1. The van der Waals surface area contributed by atoms with Gasteiger partial charge in [0.15, 0.2) is 12.4 Å². The highest BCUT2D eigenvalue weighted by Gasteiger charge is 2.68. The second-order valence-corrected chi connectivity index (χ2v) is 11.3. The summed E-state index contributed by atoms with van der Waals surface area (Å²) >= 11 is 0. The number of rotatable bonds is 5. The van der Waals surface area contributed by atoms with E-state index in [-0.39, 0.29) is 28.8 Å².